The lowest BCUT2D eigenvalue weighted by atomic mass is 10.1. The van der Waals surface area contributed by atoms with Crippen LogP contribution in [0.3, 0.4) is 0 Å². The molecular weight excluding hydrogens is 327 g/mol. The van der Waals surface area contributed by atoms with Crippen molar-refractivity contribution in [3.05, 3.63) is 71.5 Å². The first-order chi connectivity index (χ1) is 12.7. The molecule has 2 aliphatic rings. The highest BCUT2D eigenvalue weighted by Crippen LogP contribution is 2.47. The molecular formula is C22H25FN2O. The van der Waals surface area contributed by atoms with E-state index in [4.69, 9.17) is 0 Å². The van der Waals surface area contributed by atoms with Crippen LogP contribution in [-0.4, -0.2) is 30.4 Å². The molecule has 3 atom stereocenters. The third-order valence-electron chi connectivity index (χ3n) is 5.58. The maximum atomic E-state index is 13.1. The summed E-state index contributed by atoms with van der Waals surface area (Å²) in [5.74, 6) is 0.113. The molecule has 1 heterocycles. The number of hydrogen-bond donors (Lipinski definition) is 1. The molecule has 3 nitrogen and oxygen atoms in total. The van der Waals surface area contributed by atoms with Gasteiger partial charge in [0.05, 0.1) is 6.04 Å². The minimum atomic E-state index is -0.231. The summed E-state index contributed by atoms with van der Waals surface area (Å²) in [5, 5.41) is 3.28. The van der Waals surface area contributed by atoms with Gasteiger partial charge < -0.3 is 10.2 Å². The van der Waals surface area contributed by atoms with Gasteiger partial charge in [-0.3, -0.25) is 4.79 Å². The molecule has 1 aliphatic carbocycles. The second kappa shape index (κ2) is 7.58. The van der Waals surface area contributed by atoms with E-state index in [0.29, 0.717) is 0 Å². The van der Waals surface area contributed by atoms with E-state index in [1.54, 1.807) is 12.1 Å². The zero-order valence-corrected chi connectivity index (χ0v) is 14.9. The third kappa shape index (κ3) is 3.96. The fraction of sp³-hybridized carbons (Fsp3) is 0.409. The molecule has 1 amide bonds. The number of benzene rings is 2. The number of hydrogen-bond acceptors (Lipinski definition) is 2. The van der Waals surface area contributed by atoms with Crippen LogP contribution in [0.5, 0.6) is 0 Å². The van der Waals surface area contributed by atoms with Gasteiger partial charge in [0, 0.05) is 12.5 Å². The maximum absolute atomic E-state index is 13.1. The van der Waals surface area contributed by atoms with Crippen LogP contribution in [0.15, 0.2) is 54.6 Å². The van der Waals surface area contributed by atoms with Gasteiger partial charge in [-0.15, -0.1) is 0 Å². The molecule has 2 aromatic rings. The predicted molar refractivity (Wildman–Crippen MR) is 100 cm³/mol. The molecule has 0 spiro atoms. The molecule has 0 bridgehead atoms. The summed E-state index contributed by atoms with van der Waals surface area (Å²) in [5.41, 5.74) is 2.22. The minimum Gasteiger partial charge on any atom is -0.348 e. The number of halogens is 1. The largest absolute Gasteiger partial charge is 0.348 e. The Hall–Kier alpha value is -2.20. The van der Waals surface area contributed by atoms with Gasteiger partial charge in [-0.2, -0.15) is 0 Å². The monoisotopic (exact) mass is 352 g/mol. The quantitative estimate of drug-likeness (QED) is 0.856. The Kier molecular flexibility index (Phi) is 5.02. The second-order valence-corrected chi connectivity index (χ2v) is 7.48. The molecule has 4 heteroatoms. The molecule has 0 radical (unpaired) electrons. The number of nitrogens with one attached hydrogen (secondary N) is 1. The van der Waals surface area contributed by atoms with Crippen LogP contribution in [0.1, 0.15) is 42.3 Å². The van der Waals surface area contributed by atoms with Gasteiger partial charge >= 0.3 is 0 Å². The van der Waals surface area contributed by atoms with Gasteiger partial charge in [-0.25, -0.2) is 4.39 Å². The number of carbonyl (C=O) groups is 1. The first kappa shape index (κ1) is 17.2. The average Bonchev–Trinajstić information content (AvgIpc) is 3.31. The number of carbonyl (C=O) groups excluding carboxylic acids is 1. The van der Waals surface area contributed by atoms with Gasteiger partial charge in [0.15, 0.2) is 0 Å². The third-order valence-corrected chi connectivity index (χ3v) is 5.58. The van der Waals surface area contributed by atoms with Crippen molar-refractivity contribution in [2.75, 3.05) is 19.6 Å². The van der Waals surface area contributed by atoms with Gasteiger partial charge in [0.1, 0.15) is 5.82 Å². The SMILES string of the molecule is O=C(NC(CN1CCCC1)c1ccccc1)C1CC1c1ccc(F)cc1. The molecule has 2 fully saturated rings. The lowest BCUT2D eigenvalue weighted by molar-refractivity contribution is -0.123. The molecule has 0 aromatic heterocycles. The van der Waals surface area contributed by atoms with Crippen molar-refractivity contribution in [3.63, 3.8) is 0 Å². The zero-order chi connectivity index (χ0) is 17.9. The minimum absolute atomic E-state index is 0.00486. The van der Waals surface area contributed by atoms with Crippen molar-refractivity contribution < 1.29 is 9.18 Å². The van der Waals surface area contributed by atoms with Crippen LogP contribution in [0.2, 0.25) is 0 Å². The maximum Gasteiger partial charge on any atom is 0.224 e. The summed E-state index contributed by atoms with van der Waals surface area (Å²) in [4.78, 5) is 15.2. The molecule has 26 heavy (non-hydrogen) atoms. The van der Waals surface area contributed by atoms with Crippen LogP contribution < -0.4 is 5.32 Å². The summed E-state index contributed by atoms with van der Waals surface area (Å²) in [6.07, 6.45) is 3.33. The topological polar surface area (TPSA) is 32.3 Å². The van der Waals surface area contributed by atoms with Crippen molar-refractivity contribution in [2.45, 2.75) is 31.2 Å². The average molecular weight is 352 g/mol. The van der Waals surface area contributed by atoms with Gasteiger partial charge in [-0.1, -0.05) is 42.5 Å². The van der Waals surface area contributed by atoms with Crippen molar-refractivity contribution in [1.29, 1.82) is 0 Å². The Balaban J connectivity index is 1.42. The normalized spacial score (nSPS) is 23.6. The summed E-state index contributed by atoms with van der Waals surface area (Å²) < 4.78 is 13.1. The first-order valence-corrected chi connectivity index (χ1v) is 9.54. The number of amides is 1. The van der Waals surface area contributed by atoms with Crippen LogP contribution >= 0.6 is 0 Å². The smallest absolute Gasteiger partial charge is 0.224 e. The highest BCUT2D eigenvalue weighted by Gasteiger charge is 2.44. The number of nitrogens with zero attached hydrogens (tertiary/aromatic N) is 1. The zero-order valence-electron chi connectivity index (χ0n) is 14.9. The van der Waals surface area contributed by atoms with E-state index in [9.17, 15) is 9.18 Å². The Morgan fingerprint density at radius 3 is 2.46 bits per heavy atom. The van der Waals surface area contributed by atoms with Crippen LogP contribution in [-0.2, 0) is 4.79 Å². The Morgan fingerprint density at radius 2 is 1.77 bits per heavy atom. The summed E-state index contributed by atoms with van der Waals surface area (Å²) in [6.45, 7) is 3.09. The molecule has 1 saturated carbocycles. The van der Waals surface area contributed by atoms with E-state index in [-0.39, 0.29) is 29.6 Å². The van der Waals surface area contributed by atoms with Crippen LogP contribution in [0.25, 0.3) is 0 Å². The summed E-state index contributed by atoms with van der Waals surface area (Å²) in [7, 11) is 0. The fourth-order valence-electron chi connectivity index (χ4n) is 3.99. The van der Waals surface area contributed by atoms with Gasteiger partial charge in [-0.05, 0) is 61.5 Å². The standard InChI is InChI=1S/C22H25FN2O/c23-18-10-8-16(9-11-18)19-14-20(19)22(26)24-21(15-25-12-4-5-13-25)17-6-2-1-3-7-17/h1-3,6-11,19-21H,4-5,12-15H2,(H,24,26). The van der Waals surface area contributed by atoms with Crippen molar-refractivity contribution in [2.24, 2.45) is 5.92 Å². The molecule has 1 saturated heterocycles. The first-order valence-electron chi connectivity index (χ1n) is 9.54. The molecule has 3 unspecified atom stereocenters. The van der Waals surface area contributed by atoms with E-state index in [1.807, 2.05) is 18.2 Å². The molecule has 136 valence electrons. The number of likely N-dealkylation sites (tertiary alicyclic amines) is 1. The van der Waals surface area contributed by atoms with Crippen molar-refractivity contribution >= 4 is 5.91 Å². The molecule has 4 rings (SSSR count). The van der Waals surface area contributed by atoms with Gasteiger partial charge in [0.25, 0.3) is 0 Å². The van der Waals surface area contributed by atoms with Gasteiger partial charge in [0.2, 0.25) is 5.91 Å². The van der Waals surface area contributed by atoms with Crippen molar-refractivity contribution in [1.82, 2.24) is 10.2 Å². The van der Waals surface area contributed by atoms with E-state index in [0.717, 1.165) is 37.2 Å². The van der Waals surface area contributed by atoms with Crippen LogP contribution in [0, 0.1) is 11.7 Å². The van der Waals surface area contributed by atoms with E-state index in [1.165, 1.54) is 25.0 Å². The lowest BCUT2D eigenvalue weighted by Crippen LogP contribution is -2.37. The Morgan fingerprint density at radius 1 is 1.08 bits per heavy atom. The number of rotatable bonds is 6. The van der Waals surface area contributed by atoms with Crippen molar-refractivity contribution in [3.8, 4) is 0 Å². The predicted octanol–water partition coefficient (Wildman–Crippen LogP) is 3.88. The molecule has 2 aromatic carbocycles. The summed E-state index contributed by atoms with van der Waals surface area (Å²) >= 11 is 0. The van der Waals surface area contributed by atoms with Crippen LogP contribution in [0.4, 0.5) is 4.39 Å². The molecule has 1 aliphatic heterocycles. The highest BCUT2D eigenvalue weighted by molar-refractivity contribution is 5.83. The van der Waals surface area contributed by atoms with E-state index < -0.39 is 0 Å². The van der Waals surface area contributed by atoms with E-state index in [2.05, 4.69) is 22.3 Å². The lowest BCUT2D eigenvalue weighted by Gasteiger charge is -2.25. The van der Waals surface area contributed by atoms with E-state index >= 15 is 0 Å². The highest BCUT2D eigenvalue weighted by atomic mass is 19.1. The fourth-order valence-corrected chi connectivity index (χ4v) is 3.99. The Labute approximate surface area is 154 Å². The second-order valence-electron chi connectivity index (χ2n) is 7.48. The summed E-state index contributed by atoms with van der Waals surface area (Å²) in [6, 6.07) is 16.8. The Bertz CT molecular complexity index is 740. The molecule has 1 N–H and O–H groups in total.